The first-order valence-corrected chi connectivity index (χ1v) is 6.84. The fourth-order valence-electron chi connectivity index (χ4n) is 0.905. The predicted molar refractivity (Wildman–Crippen MR) is 67.0 cm³/mol. The normalized spacial score (nSPS) is 10.3. The highest BCUT2D eigenvalue weighted by Gasteiger charge is 2.05. The standard InChI is InChI=1S/C8H6Br4/c9-2-1-6-7(11)3-5(10)4-8(6)12/h3-4H,1-2H2. The second-order valence-electron chi connectivity index (χ2n) is 2.29. The van der Waals surface area contributed by atoms with Gasteiger partial charge in [0.15, 0.2) is 0 Å². The van der Waals surface area contributed by atoms with Gasteiger partial charge in [0.05, 0.1) is 0 Å². The van der Waals surface area contributed by atoms with Crippen molar-refractivity contribution in [2.24, 2.45) is 0 Å². The number of benzene rings is 1. The van der Waals surface area contributed by atoms with Crippen molar-refractivity contribution in [1.29, 1.82) is 0 Å². The van der Waals surface area contributed by atoms with Crippen molar-refractivity contribution >= 4 is 63.7 Å². The molecule has 0 N–H and O–H groups in total. The zero-order valence-corrected chi connectivity index (χ0v) is 12.4. The Kier molecular flexibility index (Phi) is 4.79. The van der Waals surface area contributed by atoms with E-state index in [1.54, 1.807) is 0 Å². The summed E-state index contributed by atoms with van der Waals surface area (Å²) in [5.74, 6) is 0. The van der Waals surface area contributed by atoms with E-state index in [-0.39, 0.29) is 0 Å². The van der Waals surface area contributed by atoms with Crippen LogP contribution >= 0.6 is 63.7 Å². The third kappa shape index (κ3) is 2.82. The van der Waals surface area contributed by atoms with E-state index in [0.29, 0.717) is 0 Å². The highest BCUT2D eigenvalue weighted by Crippen LogP contribution is 2.30. The Bertz CT molecular complexity index is 259. The first-order chi connectivity index (χ1) is 5.65. The minimum atomic E-state index is 0.978. The fraction of sp³-hybridized carbons (Fsp3) is 0.250. The van der Waals surface area contributed by atoms with Gasteiger partial charge in [-0.1, -0.05) is 63.7 Å². The molecule has 0 aliphatic carbocycles. The minimum Gasteiger partial charge on any atom is -0.0924 e. The Labute approximate surface area is 106 Å². The van der Waals surface area contributed by atoms with Gasteiger partial charge in [0.1, 0.15) is 0 Å². The maximum Gasteiger partial charge on any atom is 0.0230 e. The van der Waals surface area contributed by atoms with Gasteiger partial charge in [0.25, 0.3) is 0 Å². The molecule has 0 amide bonds. The molecule has 1 aromatic carbocycles. The topological polar surface area (TPSA) is 0 Å². The molecule has 0 aliphatic rings. The molecule has 0 saturated heterocycles. The fourth-order valence-corrected chi connectivity index (χ4v) is 3.96. The molecule has 0 aromatic heterocycles. The number of halogens is 4. The van der Waals surface area contributed by atoms with Crippen molar-refractivity contribution in [2.75, 3.05) is 5.33 Å². The molecule has 0 radical (unpaired) electrons. The molecule has 0 atom stereocenters. The Morgan fingerprint density at radius 1 is 1.00 bits per heavy atom. The highest BCUT2D eigenvalue weighted by atomic mass is 79.9. The summed E-state index contributed by atoms with van der Waals surface area (Å²) < 4.78 is 3.37. The van der Waals surface area contributed by atoms with Crippen LogP contribution in [0, 0.1) is 0 Å². The summed E-state index contributed by atoms with van der Waals surface area (Å²) in [6.07, 6.45) is 1.02. The molecule has 0 saturated carbocycles. The molecule has 0 spiro atoms. The maximum atomic E-state index is 3.52. The Morgan fingerprint density at radius 3 is 1.92 bits per heavy atom. The SMILES string of the molecule is BrCCc1c(Br)cc(Br)cc1Br. The van der Waals surface area contributed by atoms with Crippen molar-refractivity contribution in [2.45, 2.75) is 6.42 Å². The van der Waals surface area contributed by atoms with Crippen molar-refractivity contribution < 1.29 is 0 Å². The monoisotopic (exact) mass is 418 g/mol. The number of hydrogen-bond acceptors (Lipinski definition) is 0. The summed E-state index contributed by atoms with van der Waals surface area (Å²) in [6.45, 7) is 0. The van der Waals surface area contributed by atoms with Gasteiger partial charge >= 0.3 is 0 Å². The van der Waals surface area contributed by atoms with Crippen LogP contribution < -0.4 is 0 Å². The van der Waals surface area contributed by atoms with Crippen LogP contribution in [0.5, 0.6) is 0 Å². The van der Waals surface area contributed by atoms with Crippen LogP contribution in [0.15, 0.2) is 25.6 Å². The second-order valence-corrected chi connectivity index (χ2v) is 5.70. The Balaban J connectivity index is 3.10. The van der Waals surface area contributed by atoms with E-state index in [1.165, 1.54) is 5.56 Å². The summed E-state index contributed by atoms with van der Waals surface area (Å²) >= 11 is 13.9. The van der Waals surface area contributed by atoms with E-state index in [9.17, 15) is 0 Å². The van der Waals surface area contributed by atoms with Gasteiger partial charge in [-0.3, -0.25) is 0 Å². The van der Waals surface area contributed by atoms with Gasteiger partial charge in [-0.25, -0.2) is 0 Å². The predicted octanol–water partition coefficient (Wildman–Crippen LogP) is 4.91. The zero-order valence-electron chi connectivity index (χ0n) is 6.08. The van der Waals surface area contributed by atoms with Crippen molar-refractivity contribution in [3.05, 3.63) is 31.1 Å². The lowest BCUT2D eigenvalue weighted by atomic mass is 10.2. The molecular weight excluding hydrogens is 416 g/mol. The molecule has 4 heteroatoms. The molecule has 0 fully saturated rings. The van der Waals surface area contributed by atoms with Crippen LogP contribution in [0.3, 0.4) is 0 Å². The lowest BCUT2D eigenvalue weighted by Gasteiger charge is -2.05. The molecule has 66 valence electrons. The number of alkyl halides is 1. The molecule has 0 heterocycles. The van der Waals surface area contributed by atoms with Gasteiger partial charge in [-0.2, -0.15) is 0 Å². The van der Waals surface area contributed by atoms with Gasteiger partial charge in [-0.15, -0.1) is 0 Å². The molecule has 12 heavy (non-hydrogen) atoms. The lowest BCUT2D eigenvalue weighted by Crippen LogP contribution is -1.89. The van der Waals surface area contributed by atoms with Crippen LogP contribution in [-0.4, -0.2) is 5.33 Å². The average molecular weight is 422 g/mol. The van der Waals surface area contributed by atoms with Crippen molar-refractivity contribution in [3.63, 3.8) is 0 Å². The molecule has 0 aliphatic heterocycles. The number of hydrogen-bond donors (Lipinski definition) is 0. The third-order valence-corrected chi connectivity index (χ3v) is 3.72. The minimum absolute atomic E-state index is 0.978. The van der Waals surface area contributed by atoms with E-state index >= 15 is 0 Å². The Morgan fingerprint density at radius 2 is 1.50 bits per heavy atom. The molecule has 0 bridgehead atoms. The largest absolute Gasteiger partial charge is 0.0924 e. The zero-order chi connectivity index (χ0) is 9.14. The summed E-state index contributed by atoms with van der Waals surface area (Å²) in [6, 6.07) is 4.12. The van der Waals surface area contributed by atoms with Crippen molar-refractivity contribution in [1.82, 2.24) is 0 Å². The van der Waals surface area contributed by atoms with E-state index in [2.05, 4.69) is 75.9 Å². The van der Waals surface area contributed by atoms with Crippen molar-refractivity contribution in [3.8, 4) is 0 Å². The lowest BCUT2D eigenvalue weighted by molar-refractivity contribution is 1.14. The first kappa shape index (κ1) is 11.2. The molecule has 1 aromatic rings. The molecule has 0 unspecified atom stereocenters. The maximum absolute atomic E-state index is 3.52. The number of rotatable bonds is 2. The van der Waals surface area contributed by atoms with E-state index in [1.807, 2.05) is 0 Å². The van der Waals surface area contributed by atoms with Crippen LogP contribution in [-0.2, 0) is 6.42 Å². The second kappa shape index (κ2) is 5.13. The molecule has 1 rings (SSSR count). The molecular formula is C8H6Br4. The average Bonchev–Trinajstić information content (AvgIpc) is 1.96. The van der Waals surface area contributed by atoms with Crippen LogP contribution in [0.2, 0.25) is 0 Å². The molecule has 0 nitrogen and oxygen atoms in total. The van der Waals surface area contributed by atoms with E-state index < -0.39 is 0 Å². The van der Waals surface area contributed by atoms with E-state index in [4.69, 9.17) is 0 Å². The van der Waals surface area contributed by atoms with Crippen LogP contribution in [0.25, 0.3) is 0 Å². The summed E-state index contributed by atoms with van der Waals surface area (Å²) in [5.41, 5.74) is 1.30. The van der Waals surface area contributed by atoms with Gasteiger partial charge in [0, 0.05) is 18.7 Å². The van der Waals surface area contributed by atoms with E-state index in [0.717, 1.165) is 25.2 Å². The summed E-state index contributed by atoms with van der Waals surface area (Å²) in [5, 5.41) is 0.978. The van der Waals surface area contributed by atoms with Gasteiger partial charge in [0.2, 0.25) is 0 Å². The van der Waals surface area contributed by atoms with Crippen LogP contribution in [0.4, 0.5) is 0 Å². The first-order valence-electron chi connectivity index (χ1n) is 3.34. The Hall–Kier alpha value is 1.14. The van der Waals surface area contributed by atoms with Crippen LogP contribution in [0.1, 0.15) is 5.56 Å². The third-order valence-electron chi connectivity index (χ3n) is 1.45. The highest BCUT2D eigenvalue weighted by molar-refractivity contribution is 9.11. The smallest absolute Gasteiger partial charge is 0.0230 e. The van der Waals surface area contributed by atoms with Gasteiger partial charge < -0.3 is 0 Å². The summed E-state index contributed by atoms with van der Waals surface area (Å²) in [7, 11) is 0. The quantitative estimate of drug-likeness (QED) is 0.595. The van der Waals surface area contributed by atoms with Gasteiger partial charge in [-0.05, 0) is 24.1 Å². The summed E-state index contributed by atoms with van der Waals surface area (Å²) in [4.78, 5) is 0.